The molecule has 90 valence electrons. The van der Waals surface area contributed by atoms with Crippen LogP contribution in [0.2, 0.25) is 0 Å². The lowest BCUT2D eigenvalue weighted by Crippen LogP contribution is -2.21. The van der Waals surface area contributed by atoms with E-state index in [2.05, 4.69) is 5.10 Å². The summed E-state index contributed by atoms with van der Waals surface area (Å²) in [6.45, 7) is 0. The molecule has 0 radical (unpaired) electrons. The van der Waals surface area contributed by atoms with Gasteiger partial charge in [0.05, 0.1) is 6.04 Å². The van der Waals surface area contributed by atoms with Crippen molar-refractivity contribution in [1.29, 1.82) is 0 Å². The Bertz CT molecular complexity index is 490. The number of nitrogens with two attached hydrogens (primary N) is 1. The highest BCUT2D eigenvalue weighted by Crippen LogP contribution is 2.19. The molecule has 0 aliphatic rings. The summed E-state index contributed by atoms with van der Waals surface area (Å²) in [7, 11) is 1.87. The van der Waals surface area contributed by atoms with Crippen LogP contribution < -0.4 is 5.73 Å². The van der Waals surface area contributed by atoms with Crippen LogP contribution in [0.4, 0.5) is 0 Å². The Kier molecular flexibility index (Phi) is 3.71. The maximum atomic E-state index is 11.9. The molecule has 0 amide bonds. The largest absolute Gasteiger partial charge is 0.317 e. The Morgan fingerprint density at radius 3 is 3.00 bits per heavy atom. The van der Waals surface area contributed by atoms with E-state index in [4.69, 9.17) is 5.73 Å². The lowest BCUT2D eigenvalue weighted by Gasteiger charge is -2.08. The number of thiophene rings is 1. The van der Waals surface area contributed by atoms with Crippen molar-refractivity contribution in [2.75, 3.05) is 0 Å². The fourth-order valence-electron chi connectivity index (χ4n) is 1.68. The third-order valence-electron chi connectivity index (χ3n) is 2.75. The molecule has 1 unspecified atom stereocenters. The van der Waals surface area contributed by atoms with Gasteiger partial charge in [0.25, 0.3) is 0 Å². The molecular formula is C12H15N3OS. The van der Waals surface area contributed by atoms with Crippen molar-refractivity contribution in [3.8, 4) is 0 Å². The molecule has 0 aliphatic heterocycles. The molecule has 2 aromatic rings. The molecular weight excluding hydrogens is 234 g/mol. The number of aromatic nitrogens is 2. The van der Waals surface area contributed by atoms with E-state index in [1.54, 1.807) is 10.9 Å². The van der Waals surface area contributed by atoms with Crippen molar-refractivity contribution in [1.82, 2.24) is 9.78 Å². The number of carbonyl (C=O) groups excluding carboxylic acids is 1. The third kappa shape index (κ3) is 2.81. The van der Waals surface area contributed by atoms with Crippen molar-refractivity contribution < 1.29 is 4.79 Å². The third-order valence-corrected chi connectivity index (χ3v) is 3.70. The van der Waals surface area contributed by atoms with Gasteiger partial charge in [0.1, 0.15) is 0 Å². The highest BCUT2D eigenvalue weighted by molar-refractivity contribution is 7.10. The van der Waals surface area contributed by atoms with Crippen molar-refractivity contribution in [2.45, 2.75) is 18.9 Å². The molecule has 17 heavy (non-hydrogen) atoms. The highest BCUT2D eigenvalue weighted by Gasteiger charge is 2.16. The monoisotopic (exact) mass is 249 g/mol. The number of hydrogen-bond donors (Lipinski definition) is 1. The average Bonchev–Trinajstić information content (AvgIpc) is 2.96. The summed E-state index contributed by atoms with van der Waals surface area (Å²) in [5.74, 6) is 0.0775. The van der Waals surface area contributed by atoms with Gasteiger partial charge < -0.3 is 5.73 Å². The van der Waals surface area contributed by atoms with Gasteiger partial charge in [0.15, 0.2) is 5.78 Å². The summed E-state index contributed by atoms with van der Waals surface area (Å²) in [5, 5.41) is 6.00. The number of ketones is 1. The quantitative estimate of drug-likeness (QED) is 0.877. The van der Waals surface area contributed by atoms with Crippen LogP contribution in [0.5, 0.6) is 0 Å². The number of rotatable bonds is 5. The van der Waals surface area contributed by atoms with E-state index in [1.165, 1.54) is 11.3 Å². The molecule has 0 aliphatic carbocycles. The minimum atomic E-state index is -0.483. The second-order valence-corrected chi connectivity index (χ2v) is 4.88. The second kappa shape index (κ2) is 5.25. The first-order chi connectivity index (χ1) is 8.18. The van der Waals surface area contributed by atoms with Crippen LogP contribution in [0, 0.1) is 0 Å². The summed E-state index contributed by atoms with van der Waals surface area (Å²) < 4.78 is 1.78. The van der Waals surface area contributed by atoms with Crippen LogP contribution in [-0.2, 0) is 18.3 Å². The number of nitrogens with zero attached hydrogens (tertiary/aromatic N) is 2. The first-order valence-electron chi connectivity index (χ1n) is 5.47. The van der Waals surface area contributed by atoms with E-state index >= 15 is 0 Å². The lowest BCUT2D eigenvalue weighted by molar-refractivity contribution is -0.120. The van der Waals surface area contributed by atoms with Gasteiger partial charge >= 0.3 is 0 Å². The zero-order valence-corrected chi connectivity index (χ0v) is 10.5. The SMILES string of the molecule is Cn1nccc1CCC(=O)C(N)c1cccs1. The summed E-state index contributed by atoms with van der Waals surface area (Å²) in [5.41, 5.74) is 6.95. The van der Waals surface area contributed by atoms with Crippen LogP contribution in [0.15, 0.2) is 29.8 Å². The summed E-state index contributed by atoms with van der Waals surface area (Å²) in [4.78, 5) is 12.8. The zero-order chi connectivity index (χ0) is 12.3. The van der Waals surface area contributed by atoms with Gasteiger partial charge in [0.2, 0.25) is 0 Å². The second-order valence-electron chi connectivity index (χ2n) is 3.91. The minimum absolute atomic E-state index is 0.0775. The number of aryl methyl sites for hydroxylation is 2. The minimum Gasteiger partial charge on any atom is -0.317 e. The zero-order valence-electron chi connectivity index (χ0n) is 9.67. The first-order valence-corrected chi connectivity index (χ1v) is 6.35. The van der Waals surface area contributed by atoms with Gasteiger partial charge in [-0.1, -0.05) is 6.07 Å². The van der Waals surface area contributed by atoms with Crippen LogP contribution in [-0.4, -0.2) is 15.6 Å². The molecule has 2 heterocycles. The van der Waals surface area contributed by atoms with E-state index in [0.717, 1.165) is 10.6 Å². The molecule has 0 fully saturated rings. The number of carbonyl (C=O) groups is 1. The molecule has 0 saturated heterocycles. The molecule has 2 aromatic heterocycles. The van der Waals surface area contributed by atoms with Gasteiger partial charge in [-0.25, -0.2) is 0 Å². The molecule has 1 atom stereocenters. The predicted molar refractivity (Wildman–Crippen MR) is 67.8 cm³/mol. The topological polar surface area (TPSA) is 60.9 Å². The number of Topliss-reactive ketones (excluding diaryl/α,β-unsaturated/α-hetero) is 1. The van der Waals surface area contributed by atoms with Crippen LogP contribution in [0.3, 0.4) is 0 Å². The molecule has 0 bridgehead atoms. The van der Waals surface area contributed by atoms with Crippen LogP contribution in [0.1, 0.15) is 23.0 Å². The van der Waals surface area contributed by atoms with Crippen molar-refractivity contribution in [3.05, 3.63) is 40.3 Å². The van der Waals surface area contributed by atoms with E-state index in [9.17, 15) is 4.79 Å². The fourth-order valence-corrected chi connectivity index (χ4v) is 2.43. The van der Waals surface area contributed by atoms with Gasteiger partial charge in [-0.2, -0.15) is 5.10 Å². The van der Waals surface area contributed by atoms with Crippen molar-refractivity contribution in [2.24, 2.45) is 12.8 Å². The van der Waals surface area contributed by atoms with Crippen molar-refractivity contribution in [3.63, 3.8) is 0 Å². The van der Waals surface area contributed by atoms with E-state index in [-0.39, 0.29) is 5.78 Å². The van der Waals surface area contributed by atoms with E-state index in [1.807, 2.05) is 30.6 Å². The molecule has 0 spiro atoms. The Hall–Kier alpha value is -1.46. The molecule has 2 rings (SSSR count). The van der Waals surface area contributed by atoms with Crippen molar-refractivity contribution >= 4 is 17.1 Å². The summed E-state index contributed by atoms with van der Waals surface area (Å²) >= 11 is 1.52. The van der Waals surface area contributed by atoms with Gasteiger partial charge in [-0.15, -0.1) is 11.3 Å². The van der Waals surface area contributed by atoms with Crippen LogP contribution in [0.25, 0.3) is 0 Å². The first kappa shape index (κ1) is 12.0. The van der Waals surface area contributed by atoms with Gasteiger partial charge in [0, 0.05) is 30.2 Å². The Labute approximate surface area is 104 Å². The van der Waals surface area contributed by atoms with E-state index in [0.29, 0.717) is 12.8 Å². The maximum absolute atomic E-state index is 11.9. The molecule has 5 heteroatoms. The fraction of sp³-hybridized carbons (Fsp3) is 0.333. The van der Waals surface area contributed by atoms with E-state index < -0.39 is 6.04 Å². The highest BCUT2D eigenvalue weighted by atomic mass is 32.1. The van der Waals surface area contributed by atoms with Gasteiger partial charge in [-0.3, -0.25) is 9.48 Å². The lowest BCUT2D eigenvalue weighted by atomic mass is 10.1. The molecule has 0 aromatic carbocycles. The van der Waals surface area contributed by atoms with Gasteiger partial charge in [-0.05, 0) is 23.9 Å². The summed E-state index contributed by atoms with van der Waals surface area (Å²) in [6.07, 6.45) is 2.88. The molecule has 0 saturated carbocycles. The normalized spacial score (nSPS) is 12.6. The standard InChI is InChI=1S/C12H15N3OS/c1-15-9(6-7-14-15)4-5-10(16)12(13)11-3-2-8-17-11/h2-3,6-8,12H,4-5,13H2,1H3. The Balaban J connectivity index is 1.92. The average molecular weight is 249 g/mol. The molecule has 2 N–H and O–H groups in total. The summed E-state index contributed by atoms with van der Waals surface area (Å²) in [6, 6.07) is 5.25. The van der Waals surface area contributed by atoms with Crippen LogP contribution >= 0.6 is 11.3 Å². The predicted octanol–water partition coefficient (Wildman–Crippen LogP) is 1.68. The molecule has 4 nitrogen and oxygen atoms in total. The Morgan fingerprint density at radius 1 is 1.59 bits per heavy atom. The number of hydrogen-bond acceptors (Lipinski definition) is 4. The maximum Gasteiger partial charge on any atom is 0.155 e. The Morgan fingerprint density at radius 2 is 2.41 bits per heavy atom. The smallest absolute Gasteiger partial charge is 0.155 e.